The Morgan fingerprint density at radius 1 is 0.857 bits per heavy atom. The third-order valence-corrected chi connectivity index (χ3v) is 2.89. The Hall–Kier alpha value is -2.75. The maximum atomic E-state index is 12.1. The van der Waals surface area contributed by atoms with E-state index in [0.29, 0.717) is 5.56 Å². The molecule has 0 aliphatic carbocycles. The van der Waals surface area contributed by atoms with E-state index in [2.05, 4.69) is 9.99 Å². The minimum atomic E-state index is -0.554. The van der Waals surface area contributed by atoms with Crippen molar-refractivity contribution in [2.75, 3.05) is 0 Å². The molecule has 0 saturated heterocycles. The molecular formula is C17H15NO3. The Labute approximate surface area is 123 Å². The van der Waals surface area contributed by atoms with Gasteiger partial charge in [0, 0.05) is 12.5 Å². The Balaban J connectivity index is 2.17. The Bertz CT molecular complexity index is 673. The van der Waals surface area contributed by atoms with E-state index in [9.17, 15) is 9.59 Å². The molecule has 0 saturated carbocycles. The van der Waals surface area contributed by atoms with Crippen LogP contribution in [0.2, 0.25) is 0 Å². The van der Waals surface area contributed by atoms with E-state index in [4.69, 9.17) is 0 Å². The molecule has 0 unspecified atom stereocenters. The van der Waals surface area contributed by atoms with E-state index in [1.807, 2.05) is 42.5 Å². The fourth-order valence-electron chi connectivity index (χ4n) is 1.83. The summed E-state index contributed by atoms with van der Waals surface area (Å²) in [4.78, 5) is 27.2. The van der Waals surface area contributed by atoms with Crippen LogP contribution in [0.4, 0.5) is 0 Å². The van der Waals surface area contributed by atoms with Gasteiger partial charge in [0.15, 0.2) is 0 Å². The first-order chi connectivity index (χ1) is 10.1. The van der Waals surface area contributed by atoms with Crippen molar-refractivity contribution in [3.8, 4) is 11.1 Å². The molecule has 4 heteroatoms. The summed E-state index contributed by atoms with van der Waals surface area (Å²) in [5.74, 6) is -0.822. The summed E-state index contributed by atoms with van der Waals surface area (Å²) in [5, 5.41) is 3.50. The van der Waals surface area contributed by atoms with Crippen molar-refractivity contribution in [3.63, 3.8) is 0 Å². The number of carbonyl (C=O) groups is 2. The van der Waals surface area contributed by atoms with E-state index >= 15 is 0 Å². The maximum absolute atomic E-state index is 12.1. The minimum Gasteiger partial charge on any atom is -0.318 e. The highest BCUT2D eigenvalue weighted by molar-refractivity contribution is 6.45. The quantitative estimate of drug-likeness (QED) is 0.373. The van der Waals surface area contributed by atoms with Crippen LogP contribution in [0.5, 0.6) is 0 Å². The van der Waals surface area contributed by atoms with Crippen molar-refractivity contribution in [1.29, 1.82) is 0 Å². The van der Waals surface area contributed by atoms with Crippen molar-refractivity contribution in [1.82, 2.24) is 0 Å². The van der Waals surface area contributed by atoms with Crippen LogP contribution in [0.15, 0.2) is 59.8 Å². The molecule has 4 nitrogen and oxygen atoms in total. The van der Waals surface area contributed by atoms with Gasteiger partial charge in [0.1, 0.15) is 5.71 Å². The van der Waals surface area contributed by atoms with Gasteiger partial charge in [-0.25, -0.2) is 4.79 Å². The predicted octanol–water partition coefficient (Wildman–Crippen LogP) is 3.48. The van der Waals surface area contributed by atoms with Gasteiger partial charge in [0.05, 0.1) is 0 Å². The molecular weight excluding hydrogens is 266 g/mol. The highest BCUT2D eigenvalue weighted by Crippen LogP contribution is 2.19. The lowest BCUT2D eigenvalue weighted by atomic mass is 10.0. The highest BCUT2D eigenvalue weighted by Gasteiger charge is 2.11. The second kappa shape index (κ2) is 6.61. The number of rotatable bonds is 4. The first-order valence-electron chi connectivity index (χ1n) is 6.50. The monoisotopic (exact) mass is 281 g/mol. The predicted molar refractivity (Wildman–Crippen MR) is 81.1 cm³/mol. The van der Waals surface area contributed by atoms with Crippen molar-refractivity contribution in [2.45, 2.75) is 13.8 Å². The highest BCUT2D eigenvalue weighted by atomic mass is 16.7. The third kappa shape index (κ3) is 3.86. The SMILES string of the molecule is CC(=O)O/N=C(/C)C(=O)c1ccc(-c2ccccc2)cc1. The first kappa shape index (κ1) is 14.7. The smallest absolute Gasteiger partial charge is 0.318 e. The van der Waals surface area contributed by atoms with Gasteiger partial charge in [-0.15, -0.1) is 0 Å². The second-order valence-corrected chi connectivity index (χ2v) is 4.53. The van der Waals surface area contributed by atoms with Crippen LogP contribution in [0.1, 0.15) is 24.2 Å². The lowest BCUT2D eigenvalue weighted by Crippen LogP contribution is -2.11. The largest absolute Gasteiger partial charge is 0.331 e. The molecule has 21 heavy (non-hydrogen) atoms. The van der Waals surface area contributed by atoms with E-state index in [1.54, 1.807) is 12.1 Å². The second-order valence-electron chi connectivity index (χ2n) is 4.53. The zero-order valence-corrected chi connectivity index (χ0v) is 11.9. The molecule has 2 rings (SSSR count). The van der Waals surface area contributed by atoms with Gasteiger partial charge in [-0.1, -0.05) is 59.8 Å². The molecule has 0 fully saturated rings. The van der Waals surface area contributed by atoms with Crippen molar-refractivity contribution >= 4 is 17.5 Å². The molecule has 0 spiro atoms. The topological polar surface area (TPSA) is 55.7 Å². The molecule has 0 amide bonds. The van der Waals surface area contributed by atoms with Gasteiger partial charge in [0.2, 0.25) is 5.78 Å². The zero-order valence-electron chi connectivity index (χ0n) is 11.9. The van der Waals surface area contributed by atoms with Crippen molar-refractivity contribution in [2.24, 2.45) is 5.16 Å². The average molecular weight is 281 g/mol. The normalized spacial score (nSPS) is 11.0. The Kier molecular flexibility index (Phi) is 4.61. The summed E-state index contributed by atoms with van der Waals surface area (Å²) in [5.41, 5.74) is 2.75. The molecule has 0 N–H and O–H groups in total. The summed E-state index contributed by atoms with van der Waals surface area (Å²) in [6.07, 6.45) is 0. The number of carbonyl (C=O) groups excluding carboxylic acids is 2. The number of oxime groups is 1. The Morgan fingerprint density at radius 2 is 1.43 bits per heavy atom. The first-order valence-corrected chi connectivity index (χ1v) is 6.50. The third-order valence-electron chi connectivity index (χ3n) is 2.89. The van der Waals surface area contributed by atoms with Crippen molar-refractivity contribution < 1.29 is 14.4 Å². The summed E-state index contributed by atoms with van der Waals surface area (Å²) in [7, 11) is 0. The summed E-state index contributed by atoms with van der Waals surface area (Å²) < 4.78 is 0. The summed E-state index contributed by atoms with van der Waals surface area (Å²) in [6, 6.07) is 17.1. The molecule has 106 valence electrons. The molecule has 0 aliphatic heterocycles. The molecule has 0 aliphatic rings. The lowest BCUT2D eigenvalue weighted by Gasteiger charge is -2.04. The molecule has 0 radical (unpaired) electrons. The number of benzene rings is 2. The standard InChI is InChI=1S/C17H15NO3/c1-12(18-21-13(2)19)17(20)16-10-8-15(9-11-16)14-6-4-3-5-7-14/h3-11H,1-2H3/b18-12-. The van der Waals surface area contributed by atoms with Gasteiger partial charge in [-0.2, -0.15) is 0 Å². The van der Waals surface area contributed by atoms with Crippen molar-refractivity contribution in [3.05, 3.63) is 60.2 Å². The Morgan fingerprint density at radius 3 is 2.00 bits per heavy atom. The number of Topliss-reactive ketones (excluding diaryl/α,β-unsaturated/α-hetero) is 1. The van der Waals surface area contributed by atoms with Gasteiger partial charge in [0.25, 0.3) is 0 Å². The van der Waals surface area contributed by atoms with Crippen LogP contribution >= 0.6 is 0 Å². The molecule has 2 aromatic rings. The van der Waals surface area contributed by atoms with E-state index < -0.39 is 5.97 Å². The van der Waals surface area contributed by atoms with Crippen LogP contribution < -0.4 is 0 Å². The number of hydrogen-bond acceptors (Lipinski definition) is 4. The molecule has 0 heterocycles. The van der Waals surface area contributed by atoms with E-state index in [0.717, 1.165) is 11.1 Å². The van der Waals surface area contributed by atoms with Gasteiger partial charge >= 0.3 is 5.97 Å². The van der Waals surface area contributed by atoms with Crippen LogP contribution in [-0.2, 0) is 9.63 Å². The number of hydrogen-bond donors (Lipinski definition) is 0. The van der Waals surface area contributed by atoms with Crippen LogP contribution in [0, 0.1) is 0 Å². The zero-order chi connectivity index (χ0) is 15.2. The maximum Gasteiger partial charge on any atom is 0.331 e. The van der Waals surface area contributed by atoms with E-state index in [-0.39, 0.29) is 11.5 Å². The minimum absolute atomic E-state index is 0.137. The molecule has 0 atom stereocenters. The van der Waals surface area contributed by atoms with Gasteiger partial charge in [-0.3, -0.25) is 4.79 Å². The molecule has 0 bridgehead atoms. The molecule has 2 aromatic carbocycles. The fourth-order valence-corrected chi connectivity index (χ4v) is 1.83. The lowest BCUT2D eigenvalue weighted by molar-refractivity contribution is -0.140. The van der Waals surface area contributed by atoms with E-state index in [1.165, 1.54) is 13.8 Å². The fraction of sp³-hybridized carbons (Fsp3) is 0.118. The average Bonchev–Trinajstić information content (AvgIpc) is 2.53. The van der Waals surface area contributed by atoms with Gasteiger partial charge < -0.3 is 4.84 Å². The number of nitrogens with zero attached hydrogens (tertiary/aromatic N) is 1. The summed E-state index contributed by atoms with van der Waals surface area (Å²) >= 11 is 0. The summed E-state index contributed by atoms with van der Waals surface area (Å²) in [6.45, 7) is 2.74. The molecule has 0 aromatic heterocycles. The van der Waals surface area contributed by atoms with Crippen LogP contribution in [0.25, 0.3) is 11.1 Å². The van der Waals surface area contributed by atoms with Gasteiger partial charge in [-0.05, 0) is 18.1 Å². The number of ketones is 1. The van der Waals surface area contributed by atoms with Crippen LogP contribution in [0.3, 0.4) is 0 Å². The van der Waals surface area contributed by atoms with Crippen LogP contribution in [-0.4, -0.2) is 17.5 Å².